The lowest BCUT2D eigenvalue weighted by Gasteiger charge is -2.06. The van der Waals surface area contributed by atoms with Crippen LogP contribution in [-0.4, -0.2) is 21.9 Å². The first kappa shape index (κ1) is 11.0. The average Bonchev–Trinajstić information content (AvgIpc) is 2.85. The quantitative estimate of drug-likeness (QED) is 0.880. The molecule has 0 saturated heterocycles. The smallest absolute Gasteiger partial charge is 0.157 e. The highest BCUT2D eigenvalue weighted by molar-refractivity contribution is 8.14. The number of thioether (sulfide) groups is 1. The third kappa shape index (κ3) is 3.21. The van der Waals surface area contributed by atoms with Crippen LogP contribution in [0.25, 0.3) is 0 Å². The minimum absolute atomic E-state index is 0.689. The van der Waals surface area contributed by atoms with Crippen LogP contribution in [0.2, 0.25) is 0 Å². The second-order valence-electron chi connectivity index (χ2n) is 3.45. The molecule has 0 saturated carbocycles. The Balaban J connectivity index is 1.73. The van der Waals surface area contributed by atoms with Crippen LogP contribution in [0.15, 0.2) is 16.6 Å². The molecule has 2 heterocycles. The Hall–Kier alpha value is -0.550. The molecule has 82 valence electrons. The number of hydrogen-bond acceptors (Lipinski definition) is 5. The van der Waals surface area contributed by atoms with Gasteiger partial charge in [0.05, 0.1) is 13.1 Å². The van der Waals surface area contributed by atoms with E-state index >= 15 is 0 Å². The summed E-state index contributed by atoms with van der Waals surface area (Å²) in [7, 11) is 0. The van der Waals surface area contributed by atoms with E-state index in [1.165, 1.54) is 12.8 Å². The van der Waals surface area contributed by atoms with E-state index in [9.17, 15) is 0 Å². The van der Waals surface area contributed by atoms with Crippen LogP contribution in [-0.2, 0) is 6.54 Å². The van der Waals surface area contributed by atoms with Gasteiger partial charge >= 0.3 is 0 Å². The van der Waals surface area contributed by atoms with Crippen LogP contribution in [0.3, 0.4) is 0 Å². The summed E-state index contributed by atoms with van der Waals surface area (Å²) in [5, 5.41) is 8.23. The lowest BCUT2D eigenvalue weighted by Crippen LogP contribution is -2.18. The van der Waals surface area contributed by atoms with Gasteiger partial charge < -0.3 is 5.32 Å². The third-order valence-corrected chi connectivity index (χ3v) is 4.20. The van der Waals surface area contributed by atoms with E-state index in [1.54, 1.807) is 11.3 Å². The van der Waals surface area contributed by atoms with Gasteiger partial charge in [-0.3, -0.25) is 4.99 Å². The summed E-state index contributed by atoms with van der Waals surface area (Å²) in [6.07, 6.45) is 4.34. The monoisotopic (exact) mass is 241 g/mol. The zero-order chi connectivity index (χ0) is 10.5. The van der Waals surface area contributed by atoms with Gasteiger partial charge in [0.25, 0.3) is 0 Å². The Morgan fingerprint density at radius 3 is 3.27 bits per heavy atom. The van der Waals surface area contributed by atoms with Gasteiger partial charge in [-0.05, 0) is 6.42 Å². The average molecular weight is 241 g/mol. The Labute approximate surface area is 98.4 Å². The Morgan fingerprint density at radius 1 is 1.60 bits per heavy atom. The molecule has 15 heavy (non-hydrogen) atoms. The molecule has 0 amide bonds. The van der Waals surface area contributed by atoms with Gasteiger partial charge in [-0.15, -0.1) is 11.3 Å². The second-order valence-corrected chi connectivity index (χ2v) is 5.72. The molecule has 1 aromatic heterocycles. The number of hydrogen-bond donors (Lipinski definition) is 1. The van der Waals surface area contributed by atoms with Gasteiger partial charge in [-0.25, -0.2) is 4.98 Å². The molecular weight excluding hydrogens is 226 g/mol. The molecule has 0 spiro atoms. The zero-order valence-electron chi connectivity index (χ0n) is 8.77. The lowest BCUT2D eigenvalue weighted by atomic mass is 10.2. The lowest BCUT2D eigenvalue weighted by molar-refractivity contribution is 0.753. The van der Waals surface area contributed by atoms with E-state index < -0.39 is 0 Å². The Kier molecular flexibility index (Phi) is 4.02. The minimum Gasteiger partial charge on any atom is -0.358 e. The van der Waals surface area contributed by atoms with Crippen LogP contribution in [0.1, 0.15) is 24.8 Å². The van der Waals surface area contributed by atoms with Crippen molar-refractivity contribution in [3.63, 3.8) is 0 Å². The molecule has 1 aliphatic rings. The van der Waals surface area contributed by atoms with Gasteiger partial charge in [0.2, 0.25) is 0 Å². The van der Waals surface area contributed by atoms with Crippen molar-refractivity contribution < 1.29 is 0 Å². The van der Waals surface area contributed by atoms with Gasteiger partial charge in [0, 0.05) is 16.8 Å². The van der Waals surface area contributed by atoms with E-state index in [-0.39, 0.29) is 0 Å². The first-order chi connectivity index (χ1) is 7.38. The molecule has 1 aliphatic heterocycles. The van der Waals surface area contributed by atoms with Gasteiger partial charge in [-0.1, -0.05) is 25.1 Å². The molecule has 3 nitrogen and oxygen atoms in total. The van der Waals surface area contributed by atoms with E-state index in [2.05, 4.69) is 22.2 Å². The second kappa shape index (κ2) is 5.51. The number of aromatic nitrogens is 1. The highest BCUT2D eigenvalue weighted by atomic mass is 32.2. The summed E-state index contributed by atoms with van der Waals surface area (Å²) < 4.78 is 0. The van der Waals surface area contributed by atoms with Crippen molar-refractivity contribution in [2.45, 2.75) is 31.6 Å². The zero-order valence-corrected chi connectivity index (χ0v) is 10.4. The summed E-state index contributed by atoms with van der Waals surface area (Å²) in [5.74, 6) is 0. The Bertz CT molecular complexity index is 321. The molecular formula is C10H15N3S2. The van der Waals surface area contributed by atoms with Crippen molar-refractivity contribution in [3.8, 4) is 0 Å². The van der Waals surface area contributed by atoms with Crippen molar-refractivity contribution >= 4 is 28.3 Å². The number of amidine groups is 1. The van der Waals surface area contributed by atoms with Crippen LogP contribution >= 0.6 is 23.1 Å². The highest BCUT2D eigenvalue weighted by Crippen LogP contribution is 2.23. The van der Waals surface area contributed by atoms with E-state index in [1.807, 2.05) is 23.3 Å². The summed E-state index contributed by atoms with van der Waals surface area (Å²) >= 11 is 3.55. The van der Waals surface area contributed by atoms with Crippen molar-refractivity contribution in [2.24, 2.45) is 4.99 Å². The first-order valence-electron chi connectivity index (χ1n) is 5.22. The topological polar surface area (TPSA) is 37.3 Å². The third-order valence-electron chi connectivity index (χ3n) is 2.20. The summed E-state index contributed by atoms with van der Waals surface area (Å²) in [6.45, 7) is 4.00. The van der Waals surface area contributed by atoms with Crippen LogP contribution < -0.4 is 5.32 Å². The maximum atomic E-state index is 4.48. The van der Waals surface area contributed by atoms with Gasteiger partial charge in [0.1, 0.15) is 5.01 Å². The fourth-order valence-electron chi connectivity index (χ4n) is 1.48. The van der Waals surface area contributed by atoms with E-state index in [4.69, 9.17) is 0 Å². The molecule has 0 fully saturated rings. The fourth-order valence-corrected chi connectivity index (χ4v) is 3.16. The van der Waals surface area contributed by atoms with E-state index in [0.717, 1.165) is 23.3 Å². The van der Waals surface area contributed by atoms with Gasteiger partial charge in [-0.2, -0.15) is 0 Å². The maximum absolute atomic E-state index is 4.48. The molecule has 0 bridgehead atoms. The Morgan fingerprint density at radius 2 is 2.53 bits per heavy atom. The maximum Gasteiger partial charge on any atom is 0.157 e. The van der Waals surface area contributed by atoms with Crippen LogP contribution in [0.5, 0.6) is 0 Å². The van der Waals surface area contributed by atoms with Crippen molar-refractivity contribution in [1.29, 1.82) is 0 Å². The van der Waals surface area contributed by atoms with E-state index in [0.29, 0.717) is 5.25 Å². The van der Waals surface area contributed by atoms with Crippen molar-refractivity contribution in [1.82, 2.24) is 10.3 Å². The molecule has 2 rings (SSSR count). The first-order valence-corrected chi connectivity index (χ1v) is 6.97. The largest absolute Gasteiger partial charge is 0.358 e. The summed E-state index contributed by atoms with van der Waals surface area (Å²) in [5.41, 5.74) is 0. The van der Waals surface area contributed by atoms with Crippen LogP contribution in [0.4, 0.5) is 0 Å². The summed E-state index contributed by atoms with van der Waals surface area (Å²) in [6, 6.07) is 0. The van der Waals surface area contributed by atoms with Crippen LogP contribution in [0, 0.1) is 0 Å². The standard InChI is InChI=1S/C10H15N3S2/c1-2-3-8-6-12-10(15-8)13-7-9-11-4-5-14-9/h4-5,8H,2-3,6-7H2,1H3,(H,12,13). The molecule has 0 radical (unpaired) electrons. The number of thiazole rings is 1. The molecule has 0 aromatic carbocycles. The molecule has 0 aliphatic carbocycles. The SMILES string of the molecule is CCCC1CN=C(NCc2nccs2)S1. The molecule has 5 heteroatoms. The molecule has 1 aromatic rings. The van der Waals surface area contributed by atoms with Crippen molar-refractivity contribution in [2.75, 3.05) is 6.54 Å². The molecule has 1 unspecified atom stereocenters. The number of rotatable bonds is 4. The normalized spacial score (nSPS) is 20.3. The molecule has 1 atom stereocenters. The predicted molar refractivity (Wildman–Crippen MR) is 67.5 cm³/mol. The number of nitrogens with zero attached hydrogens (tertiary/aromatic N) is 2. The summed E-state index contributed by atoms with van der Waals surface area (Å²) in [4.78, 5) is 8.70. The number of aliphatic imine (C=N–C) groups is 1. The molecule has 1 N–H and O–H groups in total. The highest BCUT2D eigenvalue weighted by Gasteiger charge is 2.18. The van der Waals surface area contributed by atoms with Crippen molar-refractivity contribution in [3.05, 3.63) is 16.6 Å². The minimum atomic E-state index is 0.689. The van der Waals surface area contributed by atoms with Gasteiger partial charge in [0.15, 0.2) is 5.17 Å². The predicted octanol–water partition coefficient (Wildman–Crippen LogP) is 2.50. The fraction of sp³-hybridized carbons (Fsp3) is 0.600. The number of nitrogens with one attached hydrogen (secondary N) is 1.